The van der Waals surface area contributed by atoms with Gasteiger partial charge < -0.3 is 9.84 Å². The van der Waals surface area contributed by atoms with Gasteiger partial charge in [-0.05, 0) is 19.3 Å². The van der Waals surface area contributed by atoms with E-state index < -0.39 is 8.07 Å². The van der Waals surface area contributed by atoms with Crippen molar-refractivity contribution in [1.29, 1.82) is 0 Å². The lowest BCUT2D eigenvalue weighted by Crippen LogP contribution is -2.53. The normalized spacial score (nSPS) is 47.0. The summed E-state index contributed by atoms with van der Waals surface area (Å²) in [7, 11) is -1.34. The van der Waals surface area contributed by atoms with Crippen LogP contribution in [0.25, 0.3) is 0 Å². The monoisotopic (exact) mass is 186 g/mol. The Hall–Kier alpha value is 0.137. The minimum atomic E-state index is -1.34. The zero-order chi connectivity index (χ0) is 8.98. The molecule has 0 aromatic rings. The van der Waals surface area contributed by atoms with E-state index in [1.54, 1.807) is 0 Å². The van der Waals surface area contributed by atoms with Crippen LogP contribution in [-0.2, 0) is 4.74 Å². The molecule has 3 atom stereocenters. The summed E-state index contributed by atoms with van der Waals surface area (Å²) < 4.78 is 5.75. The van der Waals surface area contributed by atoms with Crippen molar-refractivity contribution in [2.75, 3.05) is 0 Å². The molecule has 0 radical (unpaired) electrons. The van der Waals surface area contributed by atoms with Crippen molar-refractivity contribution in [2.45, 2.75) is 56.3 Å². The maximum Gasteiger partial charge on any atom is 0.109 e. The zero-order valence-electron chi connectivity index (χ0n) is 8.13. The molecule has 3 heteroatoms. The first kappa shape index (κ1) is 8.72. The highest BCUT2D eigenvalue weighted by Crippen LogP contribution is 2.53. The molecule has 0 spiro atoms. The highest BCUT2D eigenvalue weighted by molar-refractivity contribution is 6.80. The average Bonchev–Trinajstić information content (AvgIpc) is 2.62. The van der Waals surface area contributed by atoms with E-state index in [-0.39, 0.29) is 11.3 Å². The molecule has 1 saturated heterocycles. The Morgan fingerprint density at radius 3 is 2.42 bits per heavy atom. The van der Waals surface area contributed by atoms with Crippen molar-refractivity contribution in [1.82, 2.24) is 0 Å². The van der Waals surface area contributed by atoms with Gasteiger partial charge in [0.1, 0.15) is 5.22 Å². The van der Waals surface area contributed by atoms with Crippen LogP contribution in [0.15, 0.2) is 0 Å². The van der Waals surface area contributed by atoms with Crippen LogP contribution >= 0.6 is 0 Å². The molecule has 1 aliphatic carbocycles. The number of fused-ring (bicyclic) bond motifs is 1. The predicted octanol–water partition coefficient (Wildman–Crippen LogP) is 1.55. The molecule has 0 bridgehead atoms. The van der Waals surface area contributed by atoms with E-state index in [1.807, 2.05) is 0 Å². The molecule has 2 nitrogen and oxygen atoms in total. The molecule has 0 aromatic heterocycles. The molecule has 1 aliphatic heterocycles. The first-order chi connectivity index (χ1) is 5.48. The van der Waals surface area contributed by atoms with Gasteiger partial charge in [0.2, 0.25) is 0 Å². The quantitative estimate of drug-likeness (QED) is 0.498. The van der Waals surface area contributed by atoms with Crippen LogP contribution in [0.4, 0.5) is 0 Å². The molecular formula is C9H18O2Si. The number of epoxide rings is 1. The molecule has 0 aromatic carbocycles. The van der Waals surface area contributed by atoms with Crippen LogP contribution in [0.5, 0.6) is 0 Å². The fourth-order valence-electron chi connectivity index (χ4n) is 2.64. The van der Waals surface area contributed by atoms with E-state index in [9.17, 15) is 5.11 Å². The standard InChI is InChI=1S/C9H18O2Si/c1-12(2,3)9-7(10)5-4-6-8(9)11-9/h7-8,10H,4-6H2,1-3H3. The second-order valence-corrected chi connectivity index (χ2v) is 10.4. The van der Waals surface area contributed by atoms with Crippen LogP contribution in [0.2, 0.25) is 19.6 Å². The minimum absolute atomic E-state index is 0.0642. The van der Waals surface area contributed by atoms with Crippen molar-refractivity contribution < 1.29 is 9.84 Å². The van der Waals surface area contributed by atoms with Gasteiger partial charge in [-0.25, -0.2) is 0 Å². The number of ether oxygens (including phenoxy) is 1. The van der Waals surface area contributed by atoms with Crippen LogP contribution < -0.4 is 0 Å². The Labute approximate surface area is 74.9 Å². The molecular weight excluding hydrogens is 168 g/mol. The molecule has 2 rings (SSSR count). The van der Waals surface area contributed by atoms with E-state index in [4.69, 9.17) is 4.74 Å². The summed E-state index contributed by atoms with van der Waals surface area (Å²) in [5.74, 6) is 0. The topological polar surface area (TPSA) is 32.8 Å². The van der Waals surface area contributed by atoms with Gasteiger partial charge >= 0.3 is 0 Å². The summed E-state index contributed by atoms with van der Waals surface area (Å²) in [6.45, 7) is 6.88. The molecule has 2 aliphatic rings. The predicted molar refractivity (Wildman–Crippen MR) is 50.8 cm³/mol. The lowest BCUT2D eigenvalue weighted by atomic mass is 9.97. The van der Waals surface area contributed by atoms with Gasteiger partial charge in [-0.15, -0.1) is 0 Å². The molecule has 70 valence electrons. The van der Waals surface area contributed by atoms with Crippen molar-refractivity contribution in [2.24, 2.45) is 0 Å². The fraction of sp³-hybridized carbons (Fsp3) is 1.00. The molecule has 12 heavy (non-hydrogen) atoms. The molecule has 1 N–H and O–H groups in total. The smallest absolute Gasteiger partial charge is 0.109 e. The maximum atomic E-state index is 9.92. The zero-order valence-corrected chi connectivity index (χ0v) is 9.13. The maximum absolute atomic E-state index is 9.92. The van der Waals surface area contributed by atoms with Crippen molar-refractivity contribution in [3.63, 3.8) is 0 Å². The average molecular weight is 186 g/mol. The van der Waals surface area contributed by atoms with E-state index >= 15 is 0 Å². The summed E-state index contributed by atoms with van der Waals surface area (Å²) in [4.78, 5) is 0. The molecule has 3 unspecified atom stereocenters. The van der Waals surface area contributed by atoms with Gasteiger partial charge in [0.15, 0.2) is 0 Å². The summed E-state index contributed by atoms with van der Waals surface area (Å²) >= 11 is 0. The Morgan fingerprint density at radius 2 is 2.00 bits per heavy atom. The first-order valence-corrected chi connectivity index (χ1v) is 8.34. The van der Waals surface area contributed by atoms with Crippen molar-refractivity contribution >= 4 is 8.07 Å². The third-order valence-corrected chi connectivity index (χ3v) is 6.49. The minimum Gasteiger partial charge on any atom is -0.390 e. The summed E-state index contributed by atoms with van der Waals surface area (Å²) in [5.41, 5.74) is 0. The van der Waals surface area contributed by atoms with E-state index in [0.29, 0.717) is 6.10 Å². The largest absolute Gasteiger partial charge is 0.390 e. The Bertz CT molecular complexity index is 199. The molecule has 0 amide bonds. The van der Waals surface area contributed by atoms with Crippen molar-refractivity contribution in [3.8, 4) is 0 Å². The van der Waals surface area contributed by atoms with Gasteiger partial charge in [-0.1, -0.05) is 19.6 Å². The van der Waals surface area contributed by atoms with Gasteiger partial charge in [0, 0.05) is 0 Å². The number of hydrogen-bond acceptors (Lipinski definition) is 2. The Kier molecular flexibility index (Phi) is 1.70. The van der Waals surface area contributed by atoms with Crippen molar-refractivity contribution in [3.05, 3.63) is 0 Å². The number of aliphatic hydroxyl groups is 1. The first-order valence-electron chi connectivity index (χ1n) is 4.84. The third kappa shape index (κ3) is 0.932. The summed E-state index contributed by atoms with van der Waals surface area (Å²) in [6.07, 6.45) is 3.47. The lowest BCUT2D eigenvalue weighted by molar-refractivity contribution is 0.0999. The van der Waals surface area contributed by atoms with Gasteiger partial charge in [-0.3, -0.25) is 0 Å². The second-order valence-electron chi connectivity index (χ2n) is 5.10. The van der Waals surface area contributed by atoms with Crippen LogP contribution in [0, 0.1) is 0 Å². The molecule has 1 heterocycles. The van der Waals surface area contributed by atoms with E-state index in [0.717, 1.165) is 12.8 Å². The number of rotatable bonds is 1. The summed E-state index contributed by atoms with van der Waals surface area (Å²) in [6, 6.07) is 0. The number of aliphatic hydroxyl groups excluding tert-OH is 1. The number of hydrogen-bond donors (Lipinski definition) is 1. The van der Waals surface area contributed by atoms with Gasteiger partial charge in [0.25, 0.3) is 0 Å². The highest BCUT2D eigenvalue weighted by Gasteiger charge is 2.68. The van der Waals surface area contributed by atoms with Gasteiger partial charge in [-0.2, -0.15) is 0 Å². The highest BCUT2D eigenvalue weighted by atomic mass is 28.3. The van der Waals surface area contributed by atoms with E-state index in [2.05, 4.69) is 19.6 Å². The second kappa shape index (κ2) is 2.34. The SMILES string of the molecule is C[Si](C)(C)C12OC1CCCC2O. The fourth-order valence-corrected chi connectivity index (χ4v) is 5.39. The summed E-state index contributed by atoms with van der Waals surface area (Å²) in [5, 5.41) is 9.85. The molecule has 2 fully saturated rings. The van der Waals surface area contributed by atoms with Crippen LogP contribution in [0.1, 0.15) is 19.3 Å². The van der Waals surface area contributed by atoms with E-state index in [1.165, 1.54) is 6.42 Å². The third-order valence-electron chi connectivity index (χ3n) is 3.37. The lowest BCUT2D eigenvalue weighted by Gasteiger charge is -2.33. The Balaban J connectivity index is 2.22. The van der Waals surface area contributed by atoms with Crippen LogP contribution in [0.3, 0.4) is 0 Å². The van der Waals surface area contributed by atoms with Crippen LogP contribution in [-0.4, -0.2) is 30.6 Å². The van der Waals surface area contributed by atoms with Gasteiger partial charge in [0.05, 0.1) is 20.3 Å². The molecule has 1 saturated carbocycles. The Morgan fingerprint density at radius 1 is 1.33 bits per heavy atom.